The summed E-state index contributed by atoms with van der Waals surface area (Å²) in [6.07, 6.45) is 2.36. The van der Waals surface area contributed by atoms with Crippen LogP contribution in [0.3, 0.4) is 0 Å². The highest BCUT2D eigenvalue weighted by Gasteiger charge is 2.20. The van der Waals surface area contributed by atoms with Crippen LogP contribution in [0.15, 0.2) is 18.3 Å². The van der Waals surface area contributed by atoms with E-state index in [2.05, 4.69) is 9.88 Å². The molecule has 3 nitrogen and oxygen atoms in total. The fourth-order valence-electron chi connectivity index (χ4n) is 2.42. The van der Waals surface area contributed by atoms with E-state index in [1.807, 2.05) is 0 Å². The maximum absolute atomic E-state index is 13.6. The van der Waals surface area contributed by atoms with Crippen LogP contribution in [-0.4, -0.2) is 16.4 Å². The Morgan fingerprint density at radius 1 is 1.35 bits per heavy atom. The largest absolute Gasteiger partial charge is 0.375 e. The number of halogens is 3. The lowest BCUT2D eigenvalue weighted by atomic mass is 9.99. The fraction of sp³-hybridized carbons (Fsp3) is 0.308. The van der Waals surface area contributed by atoms with E-state index >= 15 is 0 Å². The number of fused-ring (bicyclic) bond motifs is 1. The van der Waals surface area contributed by atoms with Gasteiger partial charge in [0.1, 0.15) is 11.6 Å². The monoisotopic (exact) mass is 317 g/mol. The summed E-state index contributed by atoms with van der Waals surface area (Å²) in [5.41, 5.74) is 6.97. The van der Waals surface area contributed by atoms with Gasteiger partial charge in [-0.3, -0.25) is 4.90 Å². The van der Waals surface area contributed by atoms with Gasteiger partial charge in [-0.25, -0.2) is 13.8 Å². The number of thiazole rings is 1. The van der Waals surface area contributed by atoms with Gasteiger partial charge in [-0.1, -0.05) is 0 Å². The first kappa shape index (κ1) is 15.2. The summed E-state index contributed by atoms with van der Waals surface area (Å²) in [6, 6.07) is 2.38. The minimum Gasteiger partial charge on any atom is -0.375 e. The Kier molecular flexibility index (Phi) is 4.57. The van der Waals surface area contributed by atoms with E-state index in [9.17, 15) is 8.78 Å². The molecule has 0 fully saturated rings. The first-order valence-corrected chi connectivity index (χ1v) is 6.83. The number of anilines is 1. The van der Waals surface area contributed by atoms with Gasteiger partial charge in [0.15, 0.2) is 5.13 Å². The molecule has 0 bridgehead atoms. The molecule has 7 heteroatoms. The molecule has 108 valence electrons. The van der Waals surface area contributed by atoms with E-state index in [1.54, 1.807) is 6.20 Å². The lowest BCUT2D eigenvalue weighted by molar-refractivity contribution is 0.244. The zero-order valence-corrected chi connectivity index (χ0v) is 12.2. The van der Waals surface area contributed by atoms with Crippen LogP contribution in [0.2, 0.25) is 0 Å². The number of aromatic nitrogens is 1. The summed E-state index contributed by atoms with van der Waals surface area (Å²) in [5, 5.41) is 0.546. The topological polar surface area (TPSA) is 42.1 Å². The predicted octanol–water partition coefficient (Wildman–Crippen LogP) is 2.98. The van der Waals surface area contributed by atoms with Crippen LogP contribution < -0.4 is 5.73 Å². The molecule has 0 spiro atoms. The van der Waals surface area contributed by atoms with Gasteiger partial charge in [-0.2, -0.15) is 0 Å². The standard InChI is InChI=1S/C13H13F2N3S.ClH/c14-9-3-8-6-18(2-1-11(8)12(15)4-9)7-10-5-17-13(16)19-10;/h3-5H,1-2,6-7H2,(H2,16,17);1H. The van der Waals surface area contributed by atoms with Gasteiger partial charge in [0.2, 0.25) is 0 Å². The predicted molar refractivity (Wildman–Crippen MR) is 78.0 cm³/mol. The van der Waals surface area contributed by atoms with Crippen LogP contribution in [0.1, 0.15) is 16.0 Å². The molecule has 2 N–H and O–H groups in total. The highest BCUT2D eigenvalue weighted by molar-refractivity contribution is 7.15. The Hall–Kier alpha value is -1.24. The second kappa shape index (κ2) is 6.03. The molecule has 0 unspecified atom stereocenters. The Morgan fingerprint density at radius 2 is 2.15 bits per heavy atom. The van der Waals surface area contributed by atoms with Crippen LogP contribution in [0.4, 0.5) is 13.9 Å². The van der Waals surface area contributed by atoms with E-state index in [-0.39, 0.29) is 12.4 Å². The Labute approximate surface area is 125 Å². The zero-order valence-electron chi connectivity index (χ0n) is 10.6. The van der Waals surface area contributed by atoms with Crippen LogP contribution >= 0.6 is 23.7 Å². The molecule has 1 aromatic heterocycles. The normalized spacial score (nSPS) is 14.7. The Morgan fingerprint density at radius 3 is 2.85 bits per heavy atom. The third-order valence-electron chi connectivity index (χ3n) is 3.28. The fourth-order valence-corrected chi connectivity index (χ4v) is 3.15. The second-order valence-electron chi connectivity index (χ2n) is 4.65. The smallest absolute Gasteiger partial charge is 0.180 e. The van der Waals surface area contributed by atoms with Gasteiger partial charge in [0.25, 0.3) is 0 Å². The number of benzene rings is 1. The highest BCUT2D eigenvalue weighted by Crippen LogP contribution is 2.25. The molecule has 1 aliphatic heterocycles. The molecular weight excluding hydrogens is 304 g/mol. The second-order valence-corrected chi connectivity index (χ2v) is 5.80. The van der Waals surface area contributed by atoms with E-state index < -0.39 is 11.6 Å². The van der Waals surface area contributed by atoms with Crippen molar-refractivity contribution in [3.05, 3.63) is 46.0 Å². The molecule has 0 aliphatic carbocycles. The highest BCUT2D eigenvalue weighted by atomic mass is 35.5. The molecule has 0 amide bonds. The lowest BCUT2D eigenvalue weighted by Crippen LogP contribution is -2.30. The van der Waals surface area contributed by atoms with Crippen LogP contribution in [-0.2, 0) is 19.5 Å². The number of rotatable bonds is 2. The van der Waals surface area contributed by atoms with Crippen LogP contribution in [0.25, 0.3) is 0 Å². The molecular formula is C13H14ClF2N3S. The van der Waals surface area contributed by atoms with Crippen molar-refractivity contribution in [2.24, 2.45) is 0 Å². The average Bonchev–Trinajstić information content (AvgIpc) is 2.74. The molecule has 2 aromatic rings. The van der Waals surface area contributed by atoms with Crippen molar-refractivity contribution in [1.82, 2.24) is 9.88 Å². The molecule has 0 saturated carbocycles. The van der Waals surface area contributed by atoms with E-state index in [1.165, 1.54) is 17.4 Å². The van der Waals surface area contributed by atoms with Crippen LogP contribution in [0, 0.1) is 11.6 Å². The molecule has 3 rings (SSSR count). The molecule has 1 aromatic carbocycles. The number of hydrogen-bond acceptors (Lipinski definition) is 4. The zero-order chi connectivity index (χ0) is 13.4. The SMILES string of the molecule is Cl.Nc1ncc(CN2CCc3c(F)cc(F)cc3C2)s1. The Balaban J connectivity index is 0.00000147. The maximum Gasteiger partial charge on any atom is 0.180 e. The van der Waals surface area contributed by atoms with Gasteiger partial charge in [0, 0.05) is 36.8 Å². The number of nitrogens with zero attached hydrogens (tertiary/aromatic N) is 2. The minimum absolute atomic E-state index is 0. The van der Waals surface area contributed by atoms with Gasteiger partial charge >= 0.3 is 0 Å². The molecule has 0 radical (unpaired) electrons. The van der Waals surface area contributed by atoms with Crippen molar-refractivity contribution in [3.8, 4) is 0 Å². The van der Waals surface area contributed by atoms with Crippen LogP contribution in [0.5, 0.6) is 0 Å². The number of nitrogens with two attached hydrogens (primary N) is 1. The van der Waals surface area contributed by atoms with Crippen molar-refractivity contribution in [3.63, 3.8) is 0 Å². The quantitative estimate of drug-likeness (QED) is 0.926. The number of nitrogen functional groups attached to an aromatic ring is 1. The van der Waals surface area contributed by atoms with Crippen molar-refractivity contribution >= 4 is 28.9 Å². The summed E-state index contributed by atoms with van der Waals surface area (Å²) < 4.78 is 26.8. The molecule has 20 heavy (non-hydrogen) atoms. The molecule has 0 atom stereocenters. The van der Waals surface area contributed by atoms with Gasteiger partial charge in [-0.15, -0.1) is 23.7 Å². The number of hydrogen-bond donors (Lipinski definition) is 1. The van der Waals surface area contributed by atoms with Crippen molar-refractivity contribution in [2.45, 2.75) is 19.5 Å². The van der Waals surface area contributed by atoms with E-state index in [0.29, 0.717) is 30.2 Å². The molecule has 1 aliphatic rings. The first-order valence-electron chi connectivity index (χ1n) is 6.01. The van der Waals surface area contributed by atoms with Crippen molar-refractivity contribution < 1.29 is 8.78 Å². The summed E-state index contributed by atoms with van der Waals surface area (Å²) in [7, 11) is 0. The molecule has 2 heterocycles. The average molecular weight is 318 g/mol. The maximum atomic E-state index is 13.6. The first-order chi connectivity index (χ1) is 9.11. The summed E-state index contributed by atoms with van der Waals surface area (Å²) >= 11 is 1.45. The van der Waals surface area contributed by atoms with Gasteiger partial charge in [-0.05, 0) is 23.6 Å². The third-order valence-corrected chi connectivity index (χ3v) is 4.09. The van der Waals surface area contributed by atoms with E-state index in [4.69, 9.17) is 5.73 Å². The summed E-state index contributed by atoms with van der Waals surface area (Å²) in [4.78, 5) is 7.22. The Bertz CT molecular complexity index is 618. The molecule has 0 saturated heterocycles. The lowest BCUT2D eigenvalue weighted by Gasteiger charge is -2.28. The minimum atomic E-state index is -0.514. The third kappa shape index (κ3) is 3.08. The van der Waals surface area contributed by atoms with Gasteiger partial charge < -0.3 is 5.73 Å². The summed E-state index contributed by atoms with van der Waals surface area (Å²) in [5.74, 6) is -0.947. The summed E-state index contributed by atoms with van der Waals surface area (Å²) in [6.45, 7) is 2.03. The van der Waals surface area contributed by atoms with Gasteiger partial charge in [0.05, 0.1) is 0 Å². The van der Waals surface area contributed by atoms with Crippen molar-refractivity contribution in [2.75, 3.05) is 12.3 Å². The van der Waals surface area contributed by atoms with Crippen molar-refractivity contribution in [1.29, 1.82) is 0 Å². The van der Waals surface area contributed by atoms with E-state index in [0.717, 1.165) is 23.1 Å².